The van der Waals surface area contributed by atoms with Crippen molar-refractivity contribution in [3.05, 3.63) is 23.8 Å². The Morgan fingerprint density at radius 1 is 1.62 bits per heavy atom. The molecule has 0 aliphatic carbocycles. The standard InChI is InChI=1S/C11H13NO4/c1-2-15-9-5-3-4-7(10(9)13)8-6-16-11(14)12-8/h3-5,8,13H,2,6H2,1H3,(H,12,14)/t8-/m1/s1. The molecule has 16 heavy (non-hydrogen) atoms. The van der Waals surface area contributed by atoms with Gasteiger partial charge in [0.1, 0.15) is 6.61 Å². The largest absolute Gasteiger partial charge is 0.504 e. The van der Waals surface area contributed by atoms with Crippen LogP contribution in [0, 0.1) is 0 Å². The second-order valence-electron chi connectivity index (χ2n) is 3.42. The van der Waals surface area contributed by atoms with Gasteiger partial charge in [0, 0.05) is 5.56 Å². The van der Waals surface area contributed by atoms with Crippen molar-refractivity contribution >= 4 is 6.09 Å². The van der Waals surface area contributed by atoms with Crippen LogP contribution < -0.4 is 10.1 Å². The molecular weight excluding hydrogens is 210 g/mol. The fourth-order valence-electron chi connectivity index (χ4n) is 1.64. The van der Waals surface area contributed by atoms with Crippen molar-refractivity contribution in [3.63, 3.8) is 0 Å². The number of amides is 1. The number of phenolic OH excluding ortho intramolecular Hbond substituents is 1. The molecule has 5 heteroatoms. The predicted molar refractivity (Wildman–Crippen MR) is 56.5 cm³/mol. The zero-order chi connectivity index (χ0) is 11.5. The van der Waals surface area contributed by atoms with E-state index in [0.29, 0.717) is 17.9 Å². The van der Waals surface area contributed by atoms with Crippen LogP contribution in [0.2, 0.25) is 0 Å². The van der Waals surface area contributed by atoms with Gasteiger partial charge in [0.2, 0.25) is 0 Å². The first-order valence-electron chi connectivity index (χ1n) is 5.10. The van der Waals surface area contributed by atoms with Crippen LogP contribution in [0.1, 0.15) is 18.5 Å². The van der Waals surface area contributed by atoms with E-state index in [4.69, 9.17) is 9.47 Å². The Labute approximate surface area is 93.0 Å². The second-order valence-corrected chi connectivity index (χ2v) is 3.42. The summed E-state index contributed by atoms with van der Waals surface area (Å²) in [6, 6.07) is 4.87. The van der Waals surface area contributed by atoms with Gasteiger partial charge in [-0.05, 0) is 13.0 Å². The molecule has 86 valence electrons. The summed E-state index contributed by atoms with van der Waals surface area (Å²) >= 11 is 0. The number of benzene rings is 1. The van der Waals surface area contributed by atoms with E-state index in [9.17, 15) is 9.90 Å². The van der Waals surface area contributed by atoms with Gasteiger partial charge in [0.05, 0.1) is 12.6 Å². The quantitative estimate of drug-likeness (QED) is 0.816. The molecule has 1 aliphatic heterocycles. The fraction of sp³-hybridized carbons (Fsp3) is 0.364. The van der Waals surface area contributed by atoms with Crippen molar-refractivity contribution in [2.75, 3.05) is 13.2 Å². The Bertz CT molecular complexity index is 405. The molecule has 1 saturated heterocycles. The number of para-hydroxylation sites is 1. The lowest BCUT2D eigenvalue weighted by Gasteiger charge is -2.13. The molecule has 1 amide bonds. The lowest BCUT2D eigenvalue weighted by Crippen LogP contribution is -2.18. The van der Waals surface area contributed by atoms with E-state index >= 15 is 0 Å². The lowest BCUT2D eigenvalue weighted by atomic mass is 10.1. The summed E-state index contributed by atoms with van der Waals surface area (Å²) < 4.78 is 10.0. The van der Waals surface area contributed by atoms with E-state index in [1.165, 1.54) is 0 Å². The van der Waals surface area contributed by atoms with Gasteiger partial charge in [-0.3, -0.25) is 0 Å². The van der Waals surface area contributed by atoms with Gasteiger partial charge in [-0.15, -0.1) is 0 Å². The van der Waals surface area contributed by atoms with E-state index in [0.717, 1.165) is 0 Å². The third-order valence-corrected chi connectivity index (χ3v) is 2.38. The lowest BCUT2D eigenvalue weighted by molar-refractivity contribution is 0.176. The van der Waals surface area contributed by atoms with Crippen molar-refractivity contribution < 1.29 is 19.4 Å². The van der Waals surface area contributed by atoms with Crippen LogP contribution in [0.3, 0.4) is 0 Å². The molecular formula is C11H13NO4. The average Bonchev–Trinajstić information content (AvgIpc) is 2.68. The summed E-state index contributed by atoms with van der Waals surface area (Å²) in [5.41, 5.74) is 0.608. The highest BCUT2D eigenvalue weighted by Crippen LogP contribution is 2.34. The molecule has 2 rings (SSSR count). The number of hydrogen-bond donors (Lipinski definition) is 2. The number of alkyl carbamates (subject to hydrolysis) is 1. The Morgan fingerprint density at radius 3 is 3.06 bits per heavy atom. The highest BCUT2D eigenvalue weighted by Gasteiger charge is 2.27. The molecule has 5 nitrogen and oxygen atoms in total. The van der Waals surface area contributed by atoms with Gasteiger partial charge in [-0.1, -0.05) is 12.1 Å². The van der Waals surface area contributed by atoms with Crippen molar-refractivity contribution in [2.45, 2.75) is 13.0 Å². The summed E-state index contributed by atoms with van der Waals surface area (Å²) in [4.78, 5) is 10.9. The van der Waals surface area contributed by atoms with Crippen molar-refractivity contribution in [2.24, 2.45) is 0 Å². The van der Waals surface area contributed by atoms with Crippen LogP contribution in [0.15, 0.2) is 18.2 Å². The van der Waals surface area contributed by atoms with Crippen LogP contribution >= 0.6 is 0 Å². The van der Waals surface area contributed by atoms with E-state index in [1.54, 1.807) is 18.2 Å². The molecule has 1 fully saturated rings. The first-order valence-corrected chi connectivity index (χ1v) is 5.10. The fourth-order valence-corrected chi connectivity index (χ4v) is 1.64. The van der Waals surface area contributed by atoms with Crippen molar-refractivity contribution in [3.8, 4) is 11.5 Å². The topological polar surface area (TPSA) is 67.8 Å². The molecule has 0 radical (unpaired) electrons. The van der Waals surface area contributed by atoms with Crippen LogP contribution in [0.25, 0.3) is 0 Å². The number of aromatic hydroxyl groups is 1. The minimum absolute atomic E-state index is 0.0557. The third-order valence-electron chi connectivity index (χ3n) is 2.38. The van der Waals surface area contributed by atoms with Crippen LogP contribution in [-0.2, 0) is 4.74 Å². The van der Waals surface area contributed by atoms with Gasteiger partial charge in [-0.2, -0.15) is 0 Å². The first kappa shape index (κ1) is 10.6. The minimum atomic E-state index is -0.466. The number of phenols is 1. The second kappa shape index (κ2) is 4.30. The SMILES string of the molecule is CCOc1cccc([C@H]2COC(=O)N2)c1O. The average molecular weight is 223 g/mol. The van der Waals surface area contributed by atoms with Crippen LogP contribution in [-0.4, -0.2) is 24.4 Å². The summed E-state index contributed by atoms with van der Waals surface area (Å²) in [6.07, 6.45) is -0.466. The minimum Gasteiger partial charge on any atom is -0.504 e. The number of carbonyl (C=O) groups excluding carboxylic acids is 1. The molecule has 1 aliphatic rings. The molecule has 1 aromatic carbocycles. The van der Waals surface area contributed by atoms with Crippen molar-refractivity contribution in [1.29, 1.82) is 0 Å². The molecule has 0 saturated carbocycles. The Hall–Kier alpha value is -1.91. The van der Waals surface area contributed by atoms with Crippen molar-refractivity contribution in [1.82, 2.24) is 5.32 Å². The zero-order valence-corrected chi connectivity index (χ0v) is 8.90. The molecule has 1 heterocycles. The van der Waals surface area contributed by atoms with Gasteiger partial charge >= 0.3 is 6.09 Å². The number of rotatable bonds is 3. The summed E-state index contributed by atoms with van der Waals surface area (Å²) in [6.45, 7) is 2.54. The first-order chi connectivity index (χ1) is 7.72. The maximum atomic E-state index is 10.9. The normalized spacial score (nSPS) is 19.1. The number of nitrogens with one attached hydrogen (secondary N) is 1. The smallest absolute Gasteiger partial charge is 0.407 e. The summed E-state index contributed by atoms with van der Waals surface area (Å²) in [7, 11) is 0. The highest BCUT2D eigenvalue weighted by atomic mass is 16.6. The summed E-state index contributed by atoms with van der Waals surface area (Å²) in [5.74, 6) is 0.473. The third kappa shape index (κ3) is 1.88. The van der Waals surface area contributed by atoms with Gasteiger partial charge < -0.3 is 19.9 Å². The van der Waals surface area contributed by atoms with E-state index in [2.05, 4.69) is 5.32 Å². The molecule has 0 aromatic heterocycles. The Balaban J connectivity index is 2.27. The predicted octanol–water partition coefficient (Wildman–Crippen LogP) is 1.57. The number of ether oxygens (including phenoxy) is 2. The number of carbonyl (C=O) groups is 1. The van der Waals surface area contributed by atoms with Crippen LogP contribution in [0.4, 0.5) is 4.79 Å². The number of hydrogen-bond acceptors (Lipinski definition) is 4. The molecule has 1 atom stereocenters. The van der Waals surface area contributed by atoms with E-state index in [-0.39, 0.29) is 18.4 Å². The highest BCUT2D eigenvalue weighted by molar-refractivity contribution is 5.70. The van der Waals surface area contributed by atoms with Gasteiger partial charge in [0.25, 0.3) is 0 Å². The molecule has 0 unspecified atom stereocenters. The zero-order valence-electron chi connectivity index (χ0n) is 8.90. The maximum absolute atomic E-state index is 10.9. The summed E-state index contributed by atoms with van der Waals surface area (Å²) in [5, 5.41) is 12.5. The monoisotopic (exact) mass is 223 g/mol. The maximum Gasteiger partial charge on any atom is 0.407 e. The number of cyclic esters (lactones) is 1. The molecule has 0 spiro atoms. The van der Waals surface area contributed by atoms with E-state index < -0.39 is 6.09 Å². The van der Waals surface area contributed by atoms with Gasteiger partial charge in [0.15, 0.2) is 11.5 Å². The molecule has 2 N–H and O–H groups in total. The van der Waals surface area contributed by atoms with Gasteiger partial charge in [-0.25, -0.2) is 4.79 Å². The van der Waals surface area contributed by atoms with Crippen LogP contribution in [0.5, 0.6) is 11.5 Å². The molecule has 0 bridgehead atoms. The van der Waals surface area contributed by atoms with E-state index in [1.807, 2.05) is 6.92 Å². The Morgan fingerprint density at radius 2 is 2.44 bits per heavy atom. The molecule has 1 aromatic rings. The Kier molecular flexibility index (Phi) is 2.85.